The normalized spacial score (nSPS) is 10.6. The van der Waals surface area contributed by atoms with Crippen molar-refractivity contribution in [3.8, 4) is 0 Å². The number of rotatable bonds is 0. The summed E-state index contributed by atoms with van der Waals surface area (Å²) in [6, 6.07) is 7.91. The van der Waals surface area contributed by atoms with Gasteiger partial charge in [0.2, 0.25) is 0 Å². The third-order valence-electron chi connectivity index (χ3n) is 2.07. The first-order chi connectivity index (χ1) is 6.18. The molecule has 2 rings (SSSR count). The Bertz CT molecular complexity index is 511. The zero-order valence-corrected chi connectivity index (χ0v) is 8.44. The second kappa shape index (κ2) is 2.96. The van der Waals surface area contributed by atoms with Gasteiger partial charge in [0, 0.05) is 5.39 Å². The van der Waals surface area contributed by atoms with Crippen LogP contribution in [0.15, 0.2) is 28.7 Å². The third kappa shape index (κ3) is 1.38. The number of aryl methyl sites for hydroxylation is 2. The van der Waals surface area contributed by atoms with Crippen LogP contribution in [0.25, 0.3) is 11.0 Å². The van der Waals surface area contributed by atoms with Gasteiger partial charge in [-0.2, -0.15) is 0 Å². The van der Waals surface area contributed by atoms with Gasteiger partial charge in [-0.3, -0.25) is 0 Å². The van der Waals surface area contributed by atoms with E-state index in [-0.39, 0.29) is 0 Å². The summed E-state index contributed by atoms with van der Waals surface area (Å²) in [6.07, 6.45) is 0. The monoisotopic (exact) mass is 190 g/mol. The van der Waals surface area contributed by atoms with E-state index in [1.807, 2.05) is 38.1 Å². The predicted molar refractivity (Wildman–Crippen MR) is 56.5 cm³/mol. The minimum atomic E-state index is 0.863. The van der Waals surface area contributed by atoms with Gasteiger partial charge in [-0.05, 0) is 31.5 Å². The molecule has 0 saturated carbocycles. The average Bonchev–Trinajstić information content (AvgIpc) is 2.07. The lowest BCUT2D eigenvalue weighted by molar-refractivity contribution is 0.563. The van der Waals surface area contributed by atoms with Crippen molar-refractivity contribution in [3.63, 3.8) is 0 Å². The molecule has 0 aliphatic rings. The molecule has 0 aliphatic carbocycles. The standard InChI is InChI=1S/C11H10OS/c1-7-4-3-5-9-10(13)6-8(2)12-11(7)9/h3-6H,1-2H3. The molecule has 0 fully saturated rings. The van der Waals surface area contributed by atoms with E-state index in [2.05, 4.69) is 0 Å². The number of hydrogen-bond donors (Lipinski definition) is 0. The van der Waals surface area contributed by atoms with Gasteiger partial charge in [0.15, 0.2) is 0 Å². The SMILES string of the molecule is Cc1cc(=S)c2cccc(C)c2o1. The molecular formula is C11H10OS. The first-order valence-corrected chi connectivity index (χ1v) is 4.59. The molecule has 0 saturated heterocycles. The second-order valence-corrected chi connectivity index (χ2v) is 3.61. The summed E-state index contributed by atoms with van der Waals surface area (Å²) in [5.41, 5.74) is 2.04. The van der Waals surface area contributed by atoms with Gasteiger partial charge >= 0.3 is 0 Å². The van der Waals surface area contributed by atoms with Crippen LogP contribution >= 0.6 is 12.2 Å². The topological polar surface area (TPSA) is 13.1 Å². The summed E-state index contributed by atoms with van der Waals surface area (Å²) < 4.78 is 6.47. The second-order valence-electron chi connectivity index (χ2n) is 3.17. The van der Waals surface area contributed by atoms with Gasteiger partial charge in [-0.1, -0.05) is 24.4 Å². The van der Waals surface area contributed by atoms with Crippen molar-refractivity contribution in [2.45, 2.75) is 13.8 Å². The Kier molecular flexibility index (Phi) is 1.93. The van der Waals surface area contributed by atoms with Crippen LogP contribution in [0.1, 0.15) is 11.3 Å². The van der Waals surface area contributed by atoms with Crippen LogP contribution in [0.5, 0.6) is 0 Å². The van der Waals surface area contributed by atoms with Crippen molar-refractivity contribution >= 4 is 23.2 Å². The predicted octanol–water partition coefficient (Wildman–Crippen LogP) is 3.78. The van der Waals surface area contributed by atoms with Gasteiger partial charge in [0.05, 0.1) is 4.51 Å². The van der Waals surface area contributed by atoms with Gasteiger partial charge in [-0.15, -0.1) is 0 Å². The molecule has 2 heteroatoms. The highest BCUT2D eigenvalue weighted by Crippen LogP contribution is 2.20. The third-order valence-corrected chi connectivity index (χ3v) is 2.41. The molecule has 1 aromatic heterocycles. The summed E-state index contributed by atoms with van der Waals surface area (Å²) in [5.74, 6) is 0.867. The summed E-state index contributed by atoms with van der Waals surface area (Å²) in [6.45, 7) is 3.95. The van der Waals surface area contributed by atoms with E-state index in [4.69, 9.17) is 16.6 Å². The van der Waals surface area contributed by atoms with E-state index in [1.165, 1.54) is 0 Å². The van der Waals surface area contributed by atoms with E-state index in [1.54, 1.807) is 0 Å². The highest BCUT2D eigenvalue weighted by Gasteiger charge is 2.00. The van der Waals surface area contributed by atoms with Crippen LogP contribution in [0.3, 0.4) is 0 Å². The molecule has 0 spiro atoms. The van der Waals surface area contributed by atoms with Crippen LogP contribution < -0.4 is 0 Å². The largest absolute Gasteiger partial charge is 0.461 e. The first-order valence-electron chi connectivity index (χ1n) is 4.18. The Hall–Kier alpha value is -1.15. The van der Waals surface area contributed by atoms with E-state index < -0.39 is 0 Å². The van der Waals surface area contributed by atoms with E-state index in [0.29, 0.717) is 0 Å². The van der Waals surface area contributed by atoms with Gasteiger partial charge in [0.25, 0.3) is 0 Å². The Balaban J connectivity index is 3.03. The van der Waals surface area contributed by atoms with E-state index >= 15 is 0 Å². The van der Waals surface area contributed by atoms with Crippen molar-refractivity contribution < 1.29 is 4.42 Å². The summed E-state index contributed by atoms with van der Waals surface area (Å²) in [4.78, 5) is 0. The number of benzene rings is 1. The van der Waals surface area contributed by atoms with Gasteiger partial charge in [0.1, 0.15) is 11.3 Å². The summed E-state index contributed by atoms with van der Waals surface area (Å²) in [7, 11) is 0. The molecule has 0 bridgehead atoms. The highest BCUT2D eigenvalue weighted by molar-refractivity contribution is 7.71. The lowest BCUT2D eigenvalue weighted by atomic mass is 10.1. The fourth-order valence-corrected chi connectivity index (χ4v) is 1.76. The Morgan fingerprint density at radius 1 is 1.23 bits per heavy atom. The fourth-order valence-electron chi connectivity index (χ4n) is 1.43. The number of para-hydroxylation sites is 1. The lowest BCUT2D eigenvalue weighted by Gasteiger charge is -2.01. The molecule has 0 N–H and O–H groups in total. The Morgan fingerprint density at radius 3 is 2.77 bits per heavy atom. The maximum atomic E-state index is 5.61. The van der Waals surface area contributed by atoms with Crippen LogP contribution in [0.4, 0.5) is 0 Å². The molecule has 0 radical (unpaired) electrons. The van der Waals surface area contributed by atoms with Crippen molar-refractivity contribution in [1.29, 1.82) is 0 Å². The molecule has 1 aromatic carbocycles. The van der Waals surface area contributed by atoms with Gasteiger partial charge in [-0.25, -0.2) is 0 Å². The molecule has 0 aliphatic heterocycles. The number of fused-ring (bicyclic) bond motifs is 1. The Morgan fingerprint density at radius 2 is 2.00 bits per heavy atom. The van der Waals surface area contributed by atoms with E-state index in [0.717, 1.165) is 26.8 Å². The lowest BCUT2D eigenvalue weighted by Crippen LogP contribution is -1.80. The zero-order chi connectivity index (χ0) is 9.42. The molecule has 66 valence electrons. The maximum absolute atomic E-state index is 5.61. The maximum Gasteiger partial charge on any atom is 0.138 e. The minimum Gasteiger partial charge on any atom is -0.461 e. The molecular weight excluding hydrogens is 180 g/mol. The fraction of sp³-hybridized carbons (Fsp3) is 0.182. The average molecular weight is 190 g/mol. The summed E-state index contributed by atoms with van der Waals surface area (Å²) >= 11 is 5.24. The minimum absolute atomic E-state index is 0.863. The molecule has 1 heterocycles. The molecule has 2 aromatic rings. The molecule has 0 atom stereocenters. The van der Waals surface area contributed by atoms with Crippen molar-refractivity contribution in [2.75, 3.05) is 0 Å². The van der Waals surface area contributed by atoms with Crippen LogP contribution in [0, 0.1) is 18.4 Å². The van der Waals surface area contributed by atoms with Crippen molar-refractivity contribution in [2.24, 2.45) is 0 Å². The Labute approximate surface area is 82.0 Å². The van der Waals surface area contributed by atoms with Gasteiger partial charge < -0.3 is 4.42 Å². The van der Waals surface area contributed by atoms with E-state index in [9.17, 15) is 0 Å². The zero-order valence-electron chi connectivity index (χ0n) is 7.63. The first kappa shape index (κ1) is 8.45. The highest BCUT2D eigenvalue weighted by atomic mass is 32.1. The number of hydrogen-bond acceptors (Lipinski definition) is 2. The summed E-state index contributed by atoms with van der Waals surface area (Å²) in [5, 5.41) is 1.03. The van der Waals surface area contributed by atoms with Crippen LogP contribution in [-0.4, -0.2) is 0 Å². The van der Waals surface area contributed by atoms with Crippen LogP contribution in [0.2, 0.25) is 0 Å². The quantitative estimate of drug-likeness (QED) is 0.586. The molecule has 0 unspecified atom stereocenters. The van der Waals surface area contributed by atoms with Crippen LogP contribution in [-0.2, 0) is 0 Å². The molecule has 13 heavy (non-hydrogen) atoms. The van der Waals surface area contributed by atoms with Crippen molar-refractivity contribution in [1.82, 2.24) is 0 Å². The molecule has 0 amide bonds. The van der Waals surface area contributed by atoms with Crippen molar-refractivity contribution in [3.05, 3.63) is 40.1 Å². The molecule has 1 nitrogen and oxygen atoms in total. The smallest absolute Gasteiger partial charge is 0.138 e.